The molecular weight excluding hydrogens is 440 g/mol. The first kappa shape index (κ1) is 24.2. The summed E-state index contributed by atoms with van der Waals surface area (Å²) in [7, 11) is 0. The van der Waals surface area contributed by atoms with Gasteiger partial charge in [-0.15, -0.1) is 0 Å². The predicted octanol–water partition coefficient (Wildman–Crippen LogP) is -8.54. The zero-order valence-corrected chi connectivity index (χ0v) is 16.3. The fourth-order valence-corrected chi connectivity index (χ4v) is 4.19. The van der Waals surface area contributed by atoms with Crippen LogP contribution in [-0.4, -0.2) is 149 Å². The molecule has 32 heavy (non-hydrogen) atoms. The van der Waals surface area contributed by atoms with Crippen molar-refractivity contribution in [2.75, 3.05) is 13.2 Å². The molecule has 10 N–H and O–H groups in total. The van der Waals surface area contributed by atoms with Crippen molar-refractivity contribution in [2.45, 2.75) is 61.0 Å². The van der Waals surface area contributed by atoms with Gasteiger partial charge < -0.3 is 61.3 Å². The second-order valence-corrected chi connectivity index (χ2v) is 7.70. The van der Waals surface area contributed by atoms with Crippen LogP contribution >= 0.6 is 0 Å². The zero-order valence-electron chi connectivity index (χ0n) is 16.3. The normalized spacial score (nSPS) is 43.2. The Labute approximate surface area is 179 Å². The number of nitrogens with zero attached hydrogens (tertiary/aromatic N) is 2. The third-order valence-corrected chi connectivity index (χ3v) is 5.94. The minimum Gasteiger partial charge on any atom is -0.394 e. The molecule has 4 aliphatic rings. The molecule has 0 radical (unpaired) electrons. The Kier molecular flexibility index (Phi) is 6.68. The van der Waals surface area contributed by atoms with E-state index >= 15 is 0 Å². The average molecular weight is 464 g/mol. The fourth-order valence-electron chi connectivity index (χ4n) is 4.19. The smallest absolute Gasteiger partial charge is 0.314 e. The number of fused-ring (bicyclic) bond motifs is 2. The second kappa shape index (κ2) is 8.83. The number of carbonyl (C=O) groups is 4. The molecule has 4 fully saturated rings. The summed E-state index contributed by atoms with van der Waals surface area (Å²) in [5.41, 5.74) is 0. The van der Waals surface area contributed by atoms with Gasteiger partial charge in [-0.1, -0.05) is 0 Å². The van der Waals surface area contributed by atoms with Crippen LogP contribution in [0.3, 0.4) is 0 Å². The predicted molar refractivity (Wildman–Crippen MR) is 95.3 cm³/mol. The summed E-state index contributed by atoms with van der Waals surface area (Å²) in [6.45, 7) is -1.22. The van der Waals surface area contributed by atoms with Crippen molar-refractivity contribution in [1.29, 1.82) is 0 Å². The lowest BCUT2D eigenvalue weighted by Crippen LogP contribution is -2.68. The monoisotopic (exact) mass is 464 g/mol. The number of aliphatic hydroxyl groups excluding tert-OH is 8. The molecule has 16 nitrogen and oxygen atoms in total. The van der Waals surface area contributed by atoms with E-state index in [1.54, 1.807) is 0 Å². The molecule has 0 unspecified atom stereocenters. The summed E-state index contributed by atoms with van der Waals surface area (Å²) < 4.78 is 0. The molecule has 180 valence electrons. The number of carbonyl (C=O) groups excluding carboxylic acids is 4. The first-order valence-electron chi connectivity index (χ1n) is 9.54. The van der Waals surface area contributed by atoms with Crippen LogP contribution in [0.15, 0.2) is 0 Å². The van der Waals surface area contributed by atoms with E-state index in [-0.39, 0.29) is 0 Å². The molecular formula is C16H24N4O12. The second-order valence-electron chi connectivity index (χ2n) is 7.70. The number of hydrogen-bond donors (Lipinski definition) is 10. The van der Waals surface area contributed by atoms with E-state index in [1.807, 2.05) is 0 Å². The Morgan fingerprint density at radius 2 is 0.875 bits per heavy atom. The maximum absolute atomic E-state index is 11.4. The molecule has 4 amide bonds. The average Bonchev–Trinajstić information content (AvgIpc) is 3.23. The molecule has 0 aliphatic carbocycles. The third kappa shape index (κ3) is 3.59. The van der Waals surface area contributed by atoms with Crippen LogP contribution in [-0.2, 0) is 19.2 Å². The van der Waals surface area contributed by atoms with E-state index in [4.69, 9.17) is 10.2 Å². The minimum atomic E-state index is -1.52. The van der Waals surface area contributed by atoms with Crippen molar-refractivity contribution in [3.8, 4) is 0 Å². The summed E-state index contributed by atoms with van der Waals surface area (Å²) in [6.07, 6.45) is -11.2. The van der Waals surface area contributed by atoms with E-state index < -0.39 is 97.9 Å². The molecule has 0 aromatic carbocycles. The van der Waals surface area contributed by atoms with Crippen LogP contribution in [0.2, 0.25) is 0 Å². The summed E-state index contributed by atoms with van der Waals surface area (Å²) >= 11 is 0. The van der Waals surface area contributed by atoms with E-state index in [0.717, 1.165) is 9.80 Å². The lowest BCUT2D eigenvalue weighted by Gasteiger charge is -2.44. The van der Waals surface area contributed by atoms with Gasteiger partial charge in [-0.05, 0) is 0 Å². The molecule has 0 saturated carbocycles. The standard InChI is InChI=1S/2C8H12N2O6/c2*11-1-2-3(12)4(13)5(14)6-9-7(15)8(16)10(2)6/h2*2-6,11-14H,1H2,(H,9,15)/t2*2-,3-,4+,5+,6+/m11/s1. The Hall–Kier alpha value is -2.44. The first-order chi connectivity index (χ1) is 15.0. The molecule has 4 saturated heterocycles. The Morgan fingerprint density at radius 3 is 1.16 bits per heavy atom. The van der Waals surface area contributed by atoms with Crippen LogP contribution < -0.4 is 10.6 Å². The summed E-state index contributed by atoms with van der Waals surface area (Å²) in [4.78, 5) is 46.7. The van der Waals surface area contributed by atoms with E-state index in [0.29, 0.717) is 0 Å². The molecule has 4 rings (SSSR count). The lowest BCUT2D eigenvalue weighted by molar-refractivity contribution is -0.175. The Morgan fingerprint density at radius 1 is 0.562 bits per heavy atom. The van der Waals surface area contributed by atoms with Gasteiger partial charge in [-0.3, -0.25) is 19.2 Å². The van der Waals surface area contributed by atoms with Gasteiger partial charge >= 0.3 is 23.6 Å². The molecule has 0 bridgehead atoms. The highest BCUT2D eigenvalue weighted by molar-refractivity contribution is 6.37. The van der Waals surface area contributed by atoms with Gasteiger partial charge in [0.05, 0.1) is 25.3 Å². The number of aliphatic hydroxyl groups is 8. The molecule has 0 aromatic rings. The molecule has 4 aliphatic heterocycles. The highest BCUT2D eigenvalue weighted by atomic mass is 16.4. The number of hydrogen-bond acceptors (Lipinski definition) is 12. The summed E-state index contributed by atoms with van der Waals surface area (Å²) in [5.74, 6) is -3.73. The molecule has 10 atom stereocenters. The maximum Gasteiger partial charge on any atom is 0.314 e. The Balaban J connectivity index is 0.000000181. The van der Waals surface area contributed by atoms with Gasteiger partial charge in [0.15, 0.2) is 0 Å². The highest BCUT2D eigenvalue weighted by Crippen LogP contribution is 2.27. The maximum atomic E-state index is 11.4. The fraction of sp³-hybridized carbons (Fsp3) is 0.750. The number of rotatable bonds is 2. The molecule has 0 aromatic heterocycles. The number of amides is 4. The van der Waals surface area contributed by atoms with Crippen LogP contribution in [0, 0.1) is 0 Å². The molecule has 4 heterocycles. The quantitative estimate of drug-likeness (QED) is 0.171. The van der Waals surface area contributed by atoms with Crippen LogP contribution in [0.1, 0.15) is 0 Å². The number of nitrogens with one attached hydrogen (secondary N) is 2. The van der Waals surface area contributed by atoms with Crippen molar-refractivity contribution >= 4 is 23.6 Å². The van der Waals surface area contributed by atoms with E-state index in [9.17, 15) is 49.8 Å². The Bertz CT molecular complexity index is 733. The third-order valence-electron chi connectivity index (χ3n) is 5.94. The minimum absolute atomic E-state index is 0.609. The van der Waals surface area contributed by atoms with Gasteiger partial charge in [0, 0.05) is 0 Å². The van der Waals surface area contributed by atoms with Gasteiger partial charge in [0.2, 0.25) is 0 Å². The summed E-state index contributed by atoms with van der Waals surface area (Å²) in [6, 6.07) is -2.20. The van der Waals surface area contributed by atoms with Crippen molar-refractivity contribution in [2.24, 2.45) is 0 Å². The topological polar surface area (TPSA) is 261 Å². The van der Waals surface area contributed by atoms with E-state index in [1.165, 1.54) is 0 Å². The van der Waals surface area contributed by atoms with E-state index in [2.05, 4.69) is 10.6 Å². The zero-order chi connectivity index (χ0) is 24.1. The van der Waals surface area contributed by atoms with Gasteiger partial charge in [0.25, 0.3) is 0 Å². The summed E-state index contributed by atoms with van der Waals surface area (Å²) in [5, 5.41) is 79.6. The number of piperidine rings is 2. The first-order valence-corrected chi connectivity index (χ1v) is 9.54. The highest BCUT2D eigenvalue weighted by Gasteiger charge is 2.56. The van der Waals surface area contributed by atoms with Crippen LogP contribution in [0.4, 0.5) is 0 Å². The molecule has 16 heteroatoms. The van der Waals surface area contributed by atoms with Crippen LogP contribution in [0.5, 0.6) is 0 Å². The lowest BCUT2D eigenvalue weighted by atomic mass is 9.92. The van der Waals surface area contributed by atoms with Crippen molar-refractivity contribution < 1.29 is 60.0 Å². The molecule has 0 spiro atoms. The SMILES string of the molecule is O=C1N[C@@H]2[C@@H](O)[C@@H](O)[C@H](O)[C@@H](CO)N2C1=O.O=C1N[C@@H]2[C@@H](O)[C@@H](O)[C@H](O)[C@@H](CO)N2C1=O. The van der Waals surface area contributed by atoms with Crippen molar-refractivity contribution in [1.82, 2.24) is 20.4 Å². The largest absolute Gasteiger partial charge is 0.394 e. The van der Waals surface area contributed by atoms with Crippen molar-refractivity contribution in [3.63, 3.8) is 0 Å². The van der Waals surface area contributed by atoms with Crippen molar-refractivity contribution in [3.05, 3.63) is 0 Å². The van der Waals surface area contributed by atoms with Gasteiger partial charge in [-0.25, -0.2) is 0 Å². The van der Waals surface area contributed by atoms with Crippen LogP contribution in [0.25, 0.3) is 0 Å². The van der Waals surface area contributed by atoms with Gasteiger partial charge in [-0.2, -0.15) is 0 Å². The van der Waals surface area contributed by atoms with Gasteiger partial charge in [0.1, 0.15) is 49.0 Å².